The van der Waals surface area contributed by atoms with Crippen molar-refractivity contribution in [1.29, 1.82) is 0 Å². The average molecular weight is 331 g/mol. The number of benzene rings is 2. The first-order chi connectivity index (χ1) is 11.1. The third-order valence-corrected chi connectivity index (χ3v) is 5.71. The maximum absolute atomic E-state index is 13.1. The molecular weight excluding hydrogens is 310 g/mol. The Labute approximate surface area is 137 Å². The number of nitrogens with zero attached hydrogens (tertiary/aromatic N) is 2. The van der Waals surface area contributed by atoms with Crippen molar-refractivity contribution in [2.75, 3.05) is 28.7 Å². The largest absolute Gasteiger partial charge is 0.330 e. The summed E-state index contributed by atoms with van der Waals surface area (Å²) in [5, 5.41) is 3.06. The van der Waals surface area contributed by atoms with E-state index in [-0.39, 0.29) is 0 Å². The van der Waals surface area contributed by atoms with Crippen LogP contribution in [0.3, 0.4) is 0 Å². The molecule has 1 aliphatic rings. The van der Waals surface area contributed by atoms with Gasteiger partial charge in [0.15, 0.2) is 0 Å². The maximum atomic E-state index is 13.1. The van der Waals surface area contributed by atoms with E-state index in [4.69, 9.17) is 0 Å². The van der Waals surface area contributed by atoms with Crippen LogP contribution in [0.4, 0.5) is 17.1 Å². The SMILES string of the molecule is CNCCCN1c2ccc(C)cc2N(c2ccccc2)S1(=O)=O. The Balaban J connectivity index is 2.09. The summed E-state index contributed by atoms with van der Waals surface area (Å²) < 4.78 is 29.1. The summed E-state index contributed by atoms with van der Waals surface area (Å²) >= 11 is 0. The molecule has 2 aromatic rings. The molecule has 5 nitrogen and oxygen atoms in total. The monoisotopic (exact) mass is 331 g/mol. The van der Waals surface area contributed by atoms with E-state index in [0.717, 1.165) is 29.9 Å². The standard InChI is InChI=1S/C17H21N3O2S/c1-14-9-10-16-17(13-14)20(15-7-4-3-5-8-15)23(21,22)19(16)12-6-11-18-2/h3-5,7-10,13,18H,6,11-12H2,1-2H3. The van der Waals surface area contributed by atoms with Crippen molar-refractivity contribution < 1.29 is 8.42 Å². The number of rotatable bonds is 5. The maximum Gasteiger partial charge on any atom is 0.330 e. The van der Waals surface area contributed by atoms with Gasteiger partial charge in [0.2, 0.25) is 0 Å². The summed E-state index contributed by atoms with van der Waals surface area (Å²) in [5.74, 6) is 0. The lowest BCUT2D eigenvalue weighted by Gasteiger charge is -2.21. The summed E-state index contributed by atoms with van der Waals surface area (Å²) in [4.78, 5) is 0. The minimum Gasteiger partial charge on any atom is -0.320 e. The molecule has 23 heavy (non-hydrogen) atoms. The topological polar surface area (TPSA) is 52.6 Å². The van der Waals surface area contributed by atoms with Gasteiger partial charge < -0.3 is 5.32 Å². The predicted octanol–water partition coefficient (Wildman–Crippen LogP) is 2.81. The van der Waals surface area contributed by atoms with Gasteiger partial charge in [0.1, 0.15) is 0 Å². The first-order valence-electron chi connectivity index (χ1n) is 7.69. The van der Waals surface area contributed by atoms with Gasteiger partial charge in [-0.15, -0.1) is 0 Å². The highest BCUT2D eigenvalue weighted by molar-refractivity contribution is 7.95. The lowest BCUT2D eigenvalue weighted by molar-refractivity contribution is 0.591. The molecular formula is C17H21N3O2S. The summed E-state index contributed by atoms with van der Waals surface area (Å²) in [7, 11) is -1.73. The van der Waals surface area contributed by atoms with Crippen LogP contribution in [-0.4, -0.2) is 28.6 Å². The van der Waals surface area contributed by atoms with Crippen molar-refractivity contribution in [2.24, 2.45) is 0 Å². The molecule has 0 saturated carbocycles. The number of aryl methyl sites for hydroxylation is 1. The van der Waals surface area contributed by atoms with Gasteiger partial charge >= 0.3 is 10.2 Å². The van der Waals surface area contributed by atoms with Gasteiger partial charge in [0, 0.05) is 6.54 Å². The van der Waals surface area contributed by atoms with Crippen LogP contribution < -0.4 is 13.9 Å². The summed E-state index contributed by atoms with van der Waals surface area (Å²) in [6, 6.07) is 15.0. The summed E-state index contributed by atoms with van der Waals surface area (Å²) in [5.41, 5.74) is 3.17. The third-order valence-electron chi connectivity index (χ3n) is 3.91. The molecule has 0 fully saturated rings. The Bertz CT molecular complexity index is 791. The molecule has 6 heteroatoms. The highest BCUT2D eigenvalue weighted by Crippen LogP contribution is 2.45. The molecule has 1 aliphatic heterocycles. The molecule has 2 aromatic carbocycles. The van der Waals surface area contributed by atoms with Gasteiger partial charge in [-0.2, -0.15) is 8.42 Å². The van der Waals surface area contributed by atoms with Crippen LogP contribution in [0.5, 0.6) is 0 Å². The van der Waals surface area contributed by atoms with E-state index in [1.165, 1.54) is 8.61 Å². The Morgan fingerprint density at radius 2 is 1.78 bits per heavy atom. The Morgan fingerprint density at radius 3 is 2.48 bits per heavy atom. The Morgan fingerprint density at radius 1 is 1.04 bits per heavy atom. The van der Waals surface area contributed by atoms with E-state index in [0.29, 0.717) is 12.2 Å². The zero-order valence-corrected chi connectivity index (χ0v) is 14.2. The second kappa shape index (κ2) is 6.22. The first kappa shape index (κ1) is 15.8. The van der Waals surface area contributed by atoms with Gasteiger partial charge in [-0.05, 0) is 56.8 Å². The van der Waals surface area contributed by atoms with E-state index in [1.54, 1.807) is 0 Å². The molecule has 0 saturated heterocycles. The van der Waals surface area contributed by atoms with E-state index < -0.39 is 10.2 Å². The molecule has 0 aromatic heterocycles. The van der Waals surface area contributed by atoms with Crippen LogP contribution in [0.15, 0.2) is 48.5 Å². The zero-order chi connectivity index (χ0) is 16.4. The van der Waals surface area contributed by atoms with Crippen LogP contribution in [0.25, 0.3) is 0 Å². The molecule has 1 heterocycles. The molecule has 3 rings (SSSR count). The smallest absolute Gasteiger partial charge is 0.320 e. The fraction of sp³-hybridized carbons (Fsp3) is 0.294. The van der Waals surface area contributed by atoms with Crippen molar-refractivity contribution in [3.63, 3.8) is 0 Å². The first-order valence-corrected chi connectivity index (χ1v) is 9.08. The molecule has 0 amide bonds. The van der Waals surface area contributed by atoms with Gasteiger partial charge in [-0.25, -0.2) is 4.31 Å². The second-order valence-corrected chi connectivity index (χ2v) is 7.33. The van der Waals surface area contributed by atoms with Crippen LogP contribution in [-0.2, 0) is 10.2 Å². The molecule has 0 unspecified atom stereocenters. The molecule has 1 N–H and O–H groups in total. The minimum atomic E-state index is -3.60. The van der Waals surface area contributed by atoms with Crippen molar-refractivity contribution in [3.05, 3.63) is 54.1 Å². The predicted molar refractivity (Wildman–Crippen MR) is 94.6 cm³/mol. The van der Waals surface area contributed by atoms with Crippen molar-refractivity contribution >= 4 is 27.3 Å². The van der Waals surface area contributed by atoms with E-state index in [9.17, 15) is 8.42 Å². The third kappa shape index (κ3) is 2.80. The van der Waals surface area contributed by atoms with Crippen molar-refractivity contribution in [3.8, 4) is 0 Å². The van der Waals surface area contributed by atoms with Crippen LogP contribution in [0.2, 0.25) is 0 Å². The fourth-order valence-corrected chi connectivity index (χ4v) is 4.57. The lowest BCUT2D eigenvalue weighted by Crippen LogP contribution is -2.36. The van der Waals surface area contributed by atoms with Crippen LogP contribution in [0, 0.1) is 6.92 Å². The number of nitrogens with one attached hydrogen (secondary N) is 1. The van der Waals surface area contributed by atoms with Crippen molar-refractivity contribution in [1.82, 2.24) is 5.32 Å². The highest BCUT2D eigenvalue weighted by Gasteiger charge is 2.40. The summed E-state index contributed by atoms with van der Waals surface area (Å²) in [6.45, 7) is 3.21. The Kier molecular flexibility index (Phi) is 4.28. The highest BCUT2D eigenvalue weighted by atomic mass is 32.2. The van der Waals surface area contributed by atoms with Gasteiger partial charge in [-0.1, -0.05) is 24.3 Å². The number of fused-ring (bicyclic) bond motifs is 1. The van der Waals surface area contributed by atoms with Gasteiger partial charge in [0.05, 0.1) is 17.1 Å². The van der Waals surface area contributed by atoms with Gasteiger partial charge in [-0.3, -0.25) is 4.31 Å². The fourth-order valence-electron chi connectivity index (χ4n) is 2.83. The number of anilines is 3. The van der Waals surface area contributed by atoms with E-state index >= 15 is 0 Å². The molecule has 0 atom stereocenters. The van der Waals surface area contributed by atoms with Crippen LogP contribution in [0.1, 0.15) is 12.0 Å². The van der Waals surface area contributed by atoms with E-state index in [1.807, 2.05) is 62.5 Å². The zero-order valence-electron chi connectivity index (χ0n) is 13.4. The van der Waals surface area contributed by atoms with Crippen molar-refractivity contribution in [2.45, 2.75) is 13.3 Å². The molecule has 122 valence electrons. The quantitative estimate of drug-likeness (QED) is 0.857. The van der Waals surface area contributed by atoms with Crippen LogP contribution >= 0.6 is 0 Å². The van der Waals surface area contributed by atoms with E-state index in [2.05, 4.69) is 5.32 Å². The van der Waals surface area contributed by atoms with Gasteiger partial charge in [0.25, 0.3) is 0 Å². The molecule has 0 radical (unpaired) electrons. The second-order valence-electron chi connectivity index (χ2n) is 5.63. The molecule has 0 spiro atoms. The molecule has 0 aliphatic carbocycles. The number of hydrogen-bond donors (Lipinski definition) is 1. The normalized spacial score (nSPS) is 15.7. The molecule has 0 bridgehead atoms. The average Bonchev–Trinajstić information content (AvgIpc) is 2.75. The summed E-state index contributed by atoms with van der Waals surface area (Å²) in [6.07, 6.45) is 0.756. The Hall–Kier alpha value is -2.05. The minimum absolute atomic E-state index is 0.461. The number of para-hydroxylation sites is 1. The lowest BCUT2D eigenvalue weighted by atomic mass is 10.1. The number of hydrogen-bond acceptors (Lipinski definition) is 3.